The maximum Gasteiger partial charge on any atom is 0.327 e. The Bertz CT molecular complexity index is 1180. The van der Waals surface area contributed by atoms with Crippen LogP contribution in [0.25, 0.3) is 0 Å². The summed E-state index contributed by atoms with van der Waals surface area (Å²) < 4.78 is 19.6. The van der Waals surface area contributed by atoms with Crippen LogP contribution < -0.4 is 10.2 Å². The highest BCUT2D eigenvalue weighted by atomic mass is 19.1. The molecule has 0 radical (unpaired) electrons. The molecule has 35 heavy (non-hydrogen) atoms. The molecule has 0 aliphatic carbocycles. The fraction of sp³-hybridized carbons (Fsp3) is 0.407. The Morgan fingerprint density at radius 1 is 1.09 bits per heavy atom. The van der Waals surface area contributed by atoms with Crippen LogP contribution in [0.5, 0.6) is 0 Å². The van der Waals surface area contributed by atoms with E-state index in [-0.39, 0.29) is 24.5 Å². The minimum atomic E-state index is -1.44. The number of hydrogen-bond acceptors (Lipinski definition) is 6. The van der Waals surface area contributed by atoms with Crippen LogP contribution in [0.4, 0.5) is 10.1 Å². The Kier molecular flexibility index (Phi) is 6.85. The number of halogens is 1. The third kappa shape index (κ3) is 4.16. The Morgan fingerprint density at radius 3 is 2.49 bits per heavy atom. The van der Waals surface area contributed by atoms with Gasteiger partial charge in [-0.1, -0.05) is 44.0 Å². The zero-order valence-electron chi connectivity index (χ0n) is 20.0. The molecule has 7 nitrogen and oxygen atoms in total. The first-order valence-electron chi connectivity index (χ1n) is 11.9. The molecule has 184 valence electrons. The van der Waals surface area contributed by atoms with Gasteiger partial charge in [0.25, 0.3) is 0 Å². The van der Waals surface area contributed by atoms with Crippen molar-refractivity contribution in [3.63, 3.8) is 0 Å². The van der Waals surface area contributed by atoms with E-state index in [0.29, 0.717) is 17.5 Å². The lowest BCUT2D eigenvalue weighted by Gasteiger charge is -2.33. The molecule has 2 aromatic carbocycles. The molecule has 0 saturated carbocycles. The van der Waals surface area contributed by atoms with E-state index in [1.165, 1.54) is 31.2 Å². The molecule has 2 aromatic rings. The van der Waals surface area contributed by atoms with E-state index in [4.69, 9.17) is 4.74 Å². The summed E-state index contributed by atoms with van der Waals surface area (Å²) in [6.07, 6.45) is 1.67. The van der Waals surface area contributed by atoms with E-state index >= 15 is 0 Å². The lowest BCUT2D eigenvalue weighted by atomic mass is 9.76. The largest absolute Gasteiger partial charge is 0.465 e. The summed E-state index contributed by atoms with van der Waals surface area (Å²) in [5.74, 6) is -4.27. The molecule has 2 amide bonds. The molecule has 2 heterocycles. The maximum atomic E-state index is 14.2. The van der Waals surface area contributed by atoms with E-state index in [2.05, 4.69) is 5.32 Å². The van der Waals surface area contributed by atoms with E-state index < -0.39 is 47.0 Å². The minimum Gasteiger partial charge on any atom is -0.465 e. The first-order chi connectivity index (χ1) is 16.7. The van der Waals surface area contributed by atoms with Crippen LogP contribution in [-0.4, -0.2) is 35.7 Å². The van der Waals surface area contributed by atoms with Gasteiger partial charge in [0.15, 0.2) is 5.78 Å². The fourth-order valence-corrected chi connectivity index (χ4v) is 5.34. The van der Waals surface area contributed by atoms with Gasteiger partial charge < -0.3 is 4.74 Å². The number of hydrogen-bond donors (Lipinski definition) is 1. The zero-order chi connectivity index (χ0) is 25.3. The van der Waals surface area contributed by atoms with Crippen LogP contribution in [0.2, 0.25) is 0 Å². The van der Waals surface area contributed by atoms with Gasteiger partial charge in [0.2, 0.25) is 11.8 Å². The molecule has 2 fully saturated rings. The average Bonchev–Trinajstić information content (AvgIpc) is 3.32. The normalized spacial score (nSPS) is 25.6. The summed E-state index contributed by atoms with van der Waals surface area (Å²) in [5.41, 5.74) is -0.327. The highest BCUT2D eigenvalue weighted by molar-refractivity contribution is 6.24. The monoisotopic (exact) mass is 480 g/mol. The number of ether oxygens (including phenoxy) is 1. The molecule has 2 aliphatic rings. The van der Waals surface area contributed by atoms with Gasteiger partial charge in [0.1, 0.15) is 11.4 Å². The predicted molar refractivity (Wildman–Crippen MR) is 127 cm³/mol. The second kappa shape index (κ2) is 9.70. The average molecular weight is 481 g/mol. The SMILES string of the molecule is CCCC[C@]1(C(=O)OCC)N[C@H](c2cccc(F)c2)[C@H]2C(=O)N(c3cccc(C(C)=O)c3)C(=O)[C@H]21. The molecule has 4 atom stereocenters. The summed E-state index contributed by atoms with van der Waals surface area (Å²) in [4.78, 5) is 54.1. The number of amides is 2. The number of imide groups is 1. The van der Waals surface area contributed by atoms with Crippen molar-refractivity contribution in [1.29, 1.82) is 0 Å². The fourth-order valence-electron chi connectivity index (χ4n) is 5.34. The Hall–Kier alpha value is -3.39. The molecule has 2 saturated heterocycles. The number of esters is 1. The predicted octanol–water partition coefficient (Wildman–Crippen LogP) is 3.97. The number of nitrogens with zero attached hydrogens (tertiary/aromatic N) is 1. The quantitative estimate of drug-likeness (QED) is 0.349. The van der Waals surface area contributed by atoms with Crippen LogP contribution in [0.15, 0.2) is 48.5 Å². The van der Waals surface area contributed by atoms with Gasteiger partial charge in [-0.3, -0.25) is 24.5 Å². The number of unbranched alkanes of at least 4 members (excludes halogenated alkanes) is 1. The van der Waals surface area contributed by atoms with Crippen LogP contribution in [0, 0.1) is 17.7 Å². The number of ketones is 1. The van der Waals surface area contributed by atoms with Crippen molar-refractivity contribution in [1.82, 2.24) is 5.32 Å². The topological polar surface area (TPSA) is 92.8 Å². The molecule has 8 heteroatoms. The second-order valence-electron chi connectivity index (χ2n) is 9.09. The molecule has 0 spiro atoms. The van der Waals surface area contributed by atoms with Gasteiger partial charge >= 0.3 is 5.97 Å². The van der Waals surface area contributed by atoms with Crippen molar-refractivity contribution in [2.45, 2.75) is 51.6 Å². The van der Waals surface area contributed by atoms with Gasteiger partial charge in [-0.15, -0.1) is 0 Å². The molecule has 0 bridgehead atoms. The van der Waals surface area contributed by atoms with E-state index in [9.17, 15) is 23.6 Å². The smallest absolute Gasteiger partial charge is 0.327 e. The number of Topliss-reactive ketones (excluding diaryl/α,β-unsaturated/α-hetero) is 1. The zero-order valence-corrected chi connectivity index (χ0v) is 20.0. The van der Waals surface area contributed by atoms with Crippen molar-refractivity contribution in [3.05, 3.63) is 65.5 Å². The first-order valence-corrected chi connectivity index (χ1v) is 11.9. The molecular weight excluding hydrogens is 451 g/mol. The summed E-state index contributed by atoms with van der Waals surface area (Å²) >= 11 is 0. The number of carbonyl (C=O) groups excluding carboxylic acids is 4. The first kappa shape index (κ1) is 24.7. The Labute approximate surface area is 203 Å². The van der Waals surface area contributed by atoms with Crippen molar-refractivity contribution in [2.24, 2.45) is 11.8 Å². The van der Waals surface area contributed by atoms with Crippen molar-refractivity contribution in [2.75, 3.05) is 11.5 Å². The number of rotatable bonds is 8. The Morgan fingerprint density at radius 2 is 1.83 bits per heavy atom. The minimum absolute atomic E-state index is 0.114. The lowest BCUT2D eigenvalue weighted by molar-refractivity contribution is -0.155. The third-order valence-corrected chi connectivity index (χ3v) is 6.94. The summed E-state index contributed by atoms with van der Waals surface area (Å²) in [6.45, 7) is 5.17. The van der Waals surface area contributed by atoms with Gasteiger partial charge in [0.05, 0.1) is 24.1 Å². The number of carbonyl (C=O) groups is 4. The third-order valence-electron chi connectivity index (χ3n) is 6.94. The van der Waals surface area contributed by atoms with Gasteiger partial charge in [-0.05, 0) is 50.1 Å². The van der Waals surface area contributed by atoms with E-state index in [0.717, 1.165) is 11.3 Å². The molecule has 0 aromatic heterocycles. The molecule has 0 unspecified atom stereocenters. The van der Waals surface area contributed by atoms with Gasteiger partial charge in [-0.25, -0.2) is 9.29 Å². The number of benzene rings is 2. The summed E-state index contributed by atoms with van der Waals surface area (Å²) in [7, 11) is 0. The highest BCUT2D eigenvalue weighted by Crippen LogP contribution is 2.51. The van der Waals surface area contributed by atoms with Crippen molar-refractivity contribution >= 4 is 29.3 Å². The number of nitrogens with one attached hydrogen (secondary N) is 1. The second-order valence-corrected chi connectivity index (χ2v) is 9.09. The Balaban J connectivity index is 1.87. The van der Waals surface area contributed by atoms with Crippen molar-refractivity contribution < 1.29 is 28.3 Å². The molecule has 1 N–H and O–H groups in total. The van der Waals surface area contributed by atoms with Crippen LogP contribution in [0.3, 0.4) is 0 Å². The van der Waals surface area contributed by atoms with Gasteiger partial charge in [-0.2, -0.15) is 0 Å². The summed E-state index contributed by atoms with van der Waals surface area (Å²) in [6, 6.07) is 11.4. The molecular formula is C27H29FN2O5. The van der Waals surface area contributed by atoms with Crippen molar-refractivity contribution in [3.8, 4) is 0 Å². The molecule has 2 aliphatic heterocycles. The highest BCUT2D eigenvalue weighted by Gasteiger charge is 2.68. The van der Waals surface area contributed by atoms with E-state index in [1.807, 2.05) is 6.92 Å². The number of fused-ring (bicyclic) bond motifs is 1. The van der Waals surface area contributed by atoms with Crippen LogP contribution >= 0.6 is 0 Å². The molecule has 4 rings (SSSR count). The maximum absolute atomic E-state index is 14.2. The van der Waals surface area contributed by atoms with Gasteiger partial charge in [0, 0.05) is 11.6 Å². The summed E-state index contributed by atoms with van der Waals surface area (Å²) in [5, 5.41) is 3.27. The van der Waals surface area contributed by atoms with Crippen LogP contribution in [-0.2, 0) is 19.1 Å². The standard InChI is InChI=1S/C27H29FN2O5/c1-4-6-13-27(26(34)35-5-2)22-21(23(29-27)18-10-7-11-19(28)14-18)24(32)30(25(22)33)20-12-8-9-17(15-20)16(3)31/h7-12,14-15,21-23,29H,4-6,13H2,1-3H3/t21-,22-,23+,27-/m0/s1. The lowest BCUT2D eigenvalue weighted by Crippen LogP contribution is -2.56. The van der Waals surface area contributed by atoms with Crippen LogP contribution in [0.1, 0.15) is 62.0 Å². The number of anilines is 1. The van der Waals surface area contributed by atoms with E-state index in [1.54, 1.807) is 31.2 Å².